The Labute approximate surface area is 112 Å². The predicted molar refractivity (Wildman–Crippen MR) is 75.1 cm³/mol. The normalized spacial score (nSPS) is 13.2. The smallest absolute Gasteiger partial charge is 0.0704 e. The Hall–Kier alpha value is -0.160. The lowest BCUT2D eigenvalue weighted by Crippen LogP contribution is -2.29. The largest absolute Gasteiger partial charge is 0.385 e. The number of hydrogen-bond donors (Lipinski definition) is 1. The first-order valence-electron chi connectivity index (χ1n) is 7.05. The Bertz CT molecular complexity index is 165. The van der Waals surface area contributed by atoms with Crippen LogP contribution in [-0.2, 0) is 14.2 Å². The van der Waals surface area contributed by atoms with Crippen LogP contribution in [0.5, 0.6) is 0 Å². The van der Waals surface area contributed by atoms with Crippen molar-refractivity contribution in [3.05, 3.63) is 0 Å². The van der Waals surface area contributed by atoms with Crippen molar-refractivity contribution in [1.29, 1.82) is 0 Å². The molecule has 0 aromatic heterocycles. The lowest BCUT2D eigenvalue weighted by Gasteiger charge is -2.14. The van der Waals surface area contributed by atoms with Gasteiger partial charge in [0.15, 0.2) is 0 Å². The van der Waals surface area contributed by atoms with Gasteiger partial charge in [-0.15, -0.1) is 0 Å². The second kappa shape index (κ2) is 13.3. The van der Waals surface area contributed by atoms with Crippen LogP contribution in [0.25, 0.3) is 0 Å². The monoisotopic (exact) mass is 261 g/mol. The van der Waals surface area contributed by atoms with Crippen molar-refractivity contribution < 1.29 is 14.2 Å². The standard InChI is InChI=1S/C14H31NO3/c1-13(2)6-7-15-12-14(3)18-11-10-17-9-5-8-16-4/h13-15H,5-12H2,1-4H3. The number of nitrogens with one attached hydrogen (secondary N) is 1. The molecule has 0 saturated carbocycles. The maximum absolute atomic E-state index is 5.64. The number of rotatable bonds is 13. The minimum atomic E-state index is 0.250. The van der Waals surface area contributed by atoms with Gasteiger partial charge in [-0.3, -0.25) is 0 Å². The Morgan fingerprint density at radius 1 is 1.00 bits per heavy atom. The van der Waals surface area contributed by atoms with Crippen LogP contribution in [0, 0.1) is 5.92 Å². The Morgan fingerprint density at radius 3 is 2.44 bits per heavy atom. The zero-order chi connectivity index (χ0) is 13.6. The molecule has 0 amide bonds. The molecule has 0 aromatic carbocycles. The highest BCUT2D eigenvalue weighted by molar-refractivity contribution is 4.56. The third kappa shape index (κ3) is 13.9. The van der Waals surface area contributed by atoms with Crippen LogP contribution in [-0.4, -0.2) is 52.7 Å². The van der Waals surface area contributed by atoms with Crippen LogP contribution >= 0.6 is 0 Å². The van der Waals surface area contributed by atoms with Crippen LogP contribution < -0.4 is 5.32 Å². The molecule has 4 heteroatoms. The summed E-state index contributed by atoms with van der Waals surface area (Å²) in [6.45, 7) is 11.4. The van der Waals surface area contributed by atoms with E-state index >= 15 is 0 Å². The Kier molecular flexibility index (Phi) is 13.2. The minimum Gasteiger partial charge on any atom is -0.385 e. The van der Waals surface area contributed by atoms with E-state index in [4.69, 9.17) is 14.2 Å². The summed E-state index contributed by atoms with van der Waals surface area (Å²) in [7, 11) is 1.71. The van der Waals surface area contributed by atoms with Gasteiger partial charge in [0.1, 0.15) is 0 Å². The molecule has 0 aliphatic rings. The fourth-order valence-electron chi connectivity index (χ4n) is 1.47. The zero-order valence-corrected chi connectivity index (χ0v) is 12.5. The van der Waals surface area contributed by atoms with Gasteiger partial charge in [-0.05, 0) is 32.2 Å². The fourth-order valence-corrected chi connectivity index (χ4v) is 1.47. The lowest BCUT2D eigenvalue weighted by molar-refractivity contribution is 0.00884. The highest BCUT2D eigenvalue weighted by atomic mass is 16.5. The first-order valence-corrected chi connectivity index (χ1v) is 7.05. The maximum atomic E-state index is 5.64. The third-order valence-corrected chi connectivity index (χ3v) is 2.60. The zero-order valence-electron chi connectivity index (χ0n) is 12.5. The van der Waals surface area contributed by atoms with Gasteiger partial charge in [-0.25, -0.2) is 0 Å². The fraction of sp³-hybridized carbons (Fsp3) is 1.00. The molecule has 0 spiro atoms. The molecule has 4 nitrogen and oxygen atoms in total. The van der Waals surface area contributed by atoms with E-state index in [9.17, 15) is 0 Å². The Balaban J connectivity index is 3.14. The second-order valence-electron chi connectivity index (χ2n) is 5.03. The number of methoxy groups -OCH3 is 1. The molecule has 18 heavy (non-hydrogen) atoms. The molecule has 110 valence electrons. The first-order chi connectivity index (χ1) is 8.66. The SMILES string of the molecule is COCCCOCCOC(C)CNCCC(C)C. The molecule has 1 N–H and O–H groups in total. The van der Waals surface area contributed by atoms with Gasteiger partial charge in [0, 0.05) is 26.9 Å². The summed E-state index contributed by atoms with van der Waals surface area (Å²) in [5.41, 5.74) is 0. The van der Waals surface area contributed by atoms with Gasteiger partial charge in [-0.1, -0.05) is 13.8 Å². The molecule has 0 aromatic rings. The molecule has 0 fully saturated rings. The van der Waals surface area contributed by atoms with Crippen LogP contribution in [0.15, 0.2) is 0 Å². The summed E-state index contributed by atoms with van der Waals surface area (Å²) in [5, 5.41) is 3.40. The van der Waals surface area contributed by atoms with Gasteiger partial charge in [0.25, 0.3) is 0 Å². The molecule has 0 rings (SSSR count). The summed E-state index contributed by atoms with van der Waals surface area (Å²) >= 11 is 0. The van der Waals surface area contributed by atoms with Crippen molar-refractivity contribution in [2.75, 3.05) is 46.6 Å². The molecule has 0 bridgehead atoms. The number of ether oxygens (including phenoxy) is 3. The van der Waals surface area contributed by atoms with Gasteiger partial charge < -0.3 is 19.5 Å². The molecular weight excluding hydrogens is 230 g/mol. The van der Waals surface area contributed by atoms with Crippen molar-refractivity contribution in [1.82, 2.24) is 5.32 Å². The van der Waals surface area contributed by atoms with E-state index in [2.05, 4.69) is 26.1 Å². The summed E-state index contributed by atoms with van der Waals surface area (Å²) in [6.07, 6.45) is 2.41. The first kappa shape index (κ1) is 17.8. The quantitative estimate of drug-likeness (QED) is 0.515. The van der Waals surface area contributed by atoms with E-state index < -0.39 is 0 Å². The van der Waals surface area contributed by atoms with Gasteiger partial charge in [-0.2, -0.15) is 0 Å². The lowest BCUT2D eigenvalue weighted by atomic mass is 10.1. The average Bonchev–Trinajstić information content (AvgIpc) is 2.33. The van der Waals surface area contributed by atoms with E-state index in [1.54, 1.807) is 7.11 Å². The van der Waals surface area contributed by atoms with Gasteiger partial charge in [0.2, 0.25) is 0 Å². The Morgan fingerprint density at radius 2 is 1.78 bits per heavy atom. The van der Waals surface area contributed by atoms with Crippen LogP contribution in [0.4, 0.5) is 0 Å². The molecule has 0 radical (unpaired) electrons. The predicted octanol–water partition coefficient (Wildman–Crippen LogP) is 2.08. The summed E-state index contributed by atoms with van der Waals surface area (Å²) < 4.78 is 16.0. The molecule has 1 atom stereocenters. The van der Waals surface area contributed by atoms with E-state index in [1.165, 1.54) is 6.42 Å². The molecule has 0 aliphatic heterocycles. The van der Waals surface area contributed by atoms with E-state index in [-0.39, 0.29) is 6.10 Å². The average molecular weight is 261 g/mol. The van der Waals surface area contributed by atoms with Crippen LogP contribution in [0.3, 0.4) is 0 Å². The van der Waals surface area contributed by atoms with Gasteiger partial charge in [0.05, 0.1) is 19.3 Å². The van der Waals surface area contributed by atoms with Crippen molar-refractivity contribution in [2.24, 2.45) is 5.92 Å². The summed E-state index contributed by atoms with van der Waals surface area (Å²) in [5.74, 6) is 0.759. The maximum Gasteiger partial charge on any atom is 0.0704 e. The van der Waals surface area contributed by atoms with Crippen LogP contribution in [0.1, 0.15) is 33.6 Å². The topological polar surface area (TPSA) is 39.7 Å². The van der Waals surface area contributed by atoms with Crippen molar-refractivity contribution in [3.8, 4) is 0 Å². The molecule has 1 unspecified atom stereocenters. The third-order valence-electron chi connectivity index (χ3n) is 2.60. The van der Waals surface area contributed by atoms with E-state index in [0.717, 1.165) is 38.6 Å². The molecule has 0 saturated heterocycles. The van der Waals surface area contributed by atoms with E-state index in [1.807, 2.05) is 0 Å². The highest BCUT2D eigenvalue weighted by Gasteiger charge is 2.01. The van der Waals surface area contributed by atoms with Crippen LogP contribution in [0.2, 0.25) is 0 Å². The van der Waals surface area contributed by atoms with E-state index in [0.29, 0.717) is 13.2 Å². The van der Waals surface area contributed by atoms with Gasteiger partial charge >= 0.3 is 0 Å². The van der Waals surface area contributed by atoms with Crippen molar-refractivity contribution in [2.45, 2.75) is 39.7 Å². The second-order valence-corrected chi connectivity index (χ2v) is 5.03. The minimum absolute atomic E-state index is 0.250. The molecule has 0 aliphatic carbocycles. The number of hydrogen-bond acceptors (Lipinski definition) is 4. The highest BCUT2D eigenvalue weighted by Crippen LogP contribution is 1.97. The van der Waals surface area contributed by atoms with Crippen molar-refractivity contribution >= 4 is 0 Å². The summed E-state index contributed by atoms with van der Waals surface area (Å²) in [4.78, 5) is 0. The molecule has 0 heterocycles. The molecular formula is C14H31NO3. The van der Waals surface area contributed by atoms with Crippen molar-refractivity contribution in [3.63, 3.8) is 0 Å². The summed E-state index contributed by atoms with van der Waals surface area (Å²) in [6, 6.07) is 0.